The van der Waals surface area contributed by atoms with Crippen molar-refractivity contribution in [1.29, 1.82) is 0 Å². The zero-order valence-electron chi connectivity index (χ0n) is 16.7. The minimum Gasteiger partial charge on any atom is -0.275 e. The van der Waals surface area contributed by atoms with Gasteiger partial charge in [0.2, 0.25) is 0 Å². The molecule has 0 radical (unpaired) electrons. The van der Waals surface area contributed by atoms with Crippen molar-refractivity contribution in [3.05, 3.63) is 78.9 Å². The predicted octanol–water partition coefficient (Wildman–Crippen LogP) is 5.90. The van der Waals surface area contributed by atoms with Crippen LogP contribution in [0.1, 0.15) is 13.8 Å². The molecule has 5 nitrogen and oxygen atoms in total. The van der Waals surface area contributed by atoms with Gasteiger partial charge in [-0.15, -0.1) is 0 Å². The molecule has 2 heterocycles. The van der Waals surface area contributed by atoms with E-state index in [1.807, 2.05) is 6.07 Å². The van der Waals surface area contributed by atoms with Gasteiger partial charge in [0.15, 0.2) is 11.6 Å². The minimum absolute atomic E-state index is 0.813. The van der Waals surface area contributed by atoms with Crippen molar-refractivity contribution in [3.63, 3.8) is 0 Å². The molecule has 3 aromatic carbocycles. The molecule has 0 spiro atoms. The molecule has 0 aliphatic rings. The van der Waals surface area contributed by atoms with Crippen LogP contribution in [0.25, 0.3) is 21.8 Å². The fourth-order valence-corrected chi connectivity index (χ4v) is 3.95. The number of hydrogen-bond donors (Lipinski definition) is 0. The summed E-state index contributed by atoms with van der Waals surface area (Å²) in [6, 6.07) is 27.2. The van der Waals surface area contributed by atoms with Crippen molar-refractivity contribution in [2.24, 2.45) is 0 Å². The number of benzene rings is 3. The van der Waals surface area contributed by atoms with Gasteiger partial charge in [-0.2, -0.15) is 10.2 Å². The van der Waals surface area contributed by atoms with Crippen LogP contribution in [0.4, 0.5) is 17.3 Å². The molecule has 0 saturated heterocycles. The largest absolute Gasteiger partial charge is 0.275 e. The fraction of sp³-hybridized carbons (Fsp3) is 0.167. The van der Waals surface area contributed by atoms with E-state index in [1.165, 1.54) is 0 Å². The van der Waals surface area contributed by atoms with Crippen molar-refractivity contribution >= 4 is 39.1 Å². The van der Waals surface area contributed by atoms with E-state index in [4.69, 9.17) is 10.2 Å². The SMILES string of the molecule is CCn1nc(N(c2ccccc2)c2nn(CC)c3ccccc23)c2ccccc21. The fourth-order valence-electron chi connectivity index (χ4n) is 3.95. The Labute approximate surface area is 169 Å². The van der Waals surface area contributed by atoms with Crippen LogP contribution in [0.5, 0.6) is 0 Å². The zero-order chi connectivity index (χ0) is 19.8. The molecule has 0 fully saturated rings. The third kappa shape index (κ3) is 2.78. The van der Waals surface area contributed by atoms with Crippen molar-refractivity contribution < 1.29 is 0 Å². The topological polar surface area (TPSA) is 38.9 Å². The third-order valence-corrected chi connectivity index (χ3v) is 5.31. The molecule has 0 amide bonds. The van der Waals surface area contributed by atoms with E-state index in [2.05, 4.69) is 101 Å². The first-order valence-corrected chi connectivity index (χ1v) is 10.1. The average molecular weight is 381 g/mol. The molecule has 2 aromatic heterocycles. The molecule has 0 N–H and O–H groups in total. The van der Waals surface area contributed by atoms with Gasteiger partial charge < -0.3 is 0 Å². The summed E-state index contributed by atoms with van der Waals surface area (Å²) in [5.41, 5.74) is 3.31. The number of anilines is 3. The van der Waals surface area contributed by atoms with Crippen molar-refractivity contribution in [3.8, 4) is 0 Å². The first-order valence-electron chi connectivity index (χ1n) is 10.1. The van der Waals surface area contributed by atoms with Gasteiger partial charge >= 0.3 is 0 Å². The van der Waals surface area contributed by atoms with E-state index in [0.29, 0.717) is 0 Å². The second kappa shape index (κ2) is 7.09. The van der Waals surface area contributed by atoms with Crippen molar-refractivity contribution in [2.45, 2.75) is 26.9 Å². The van der Waals surface area contributed by atoms with E-state index in [1.54, 1.807) is 0 Å². The van der Waals surface area contributed by atoms with E-state index in [0.717, 1.165) is 52.2 Å². The van der Waals surface area contributed by atoms with Crippen LogP contribution >= 0.6 is 0 Å². The molecule has 0 bridgehead atoms. The van der Waals surface area contributed by atoms with Gasteiger partial charge in [-0.05, 0) is 50.2 Å². The van der Waals surface area contributed by atoms with E-state index in [9.17, 15) is 0 Å². The number of hydrogen-bond acceptors (Lipinski definition) is 3. The Balaban J connectivity index is 1.84. The summed E-state index contributed by atoms with van der Waals surface area (Å²) >= 11 is 0. The second-order valence-electron chi connectivity index (χ2n) is 6.98. The number of fused-ring (bicyclic) bond motifs is 2. The molecule has 5 rings (SSSR count). The Bertz CT molecular complexity index is 1200. The maximum absolute atomic E-state index is 5.00. The van der Waals surface area contributed by atoms with Gasteiger partial charge in [0.1, 0.15) is 0 Å². The molecule has 5 heteroatoms. The van der Waals surface area contributed by atoms with Crippen molar-refractivity contribution in [1.82, 2.24) is 19.6 Å². The Hall–Kier alpha value is -3.60. The Morgan fingerprint density at radius 2 is 1.07 bits per heavy atom. The van der Waals surface area contributed by atoms with Gasteiger partial charge in [0.05, 0.1) is 11.0 Å². The van der Waals surface area contributed by atoms with Gasteiger partial charge in [-0.25, -0.2) is 0 Å². The molecule has 5 aromatic rings. The Morgan fingerprint density at radius 1 is 0.621 bits per heavy atom. The number of nitrogens with zero attached hydrogens (tertiary/aromatic N) is 5. The first-order chi connectivity index (χ1) is 14.3. The normalized spacial score (nSPS) is 11.4. The highest BCUT2D eigenvalue weighted by atomic mass is 15.4. The summed E-state index contributed by atoms with van der Waals surface area (Å²) in [5, 5.41) is 12.2. The van der Waals surface area contributed by atoms with E-state index < -0.39 is 0 Å². The summed E-state index contributed by atoms with van der Waals surface area (Å²) in [6.45, 7) is 5.87. The molecular formula is C24H23N5. The average Bonchev–Trinajstić information content (AvgIpc) is 3.34. The monoisotopic (exact) mass is 381 g/mol. The number of rotatable bonds is 5. The molecule has 0 saturated carbocycles. The van der Waals surface area contributed by atoms with Crippen LogP contribution in [-0.2, 0) is 13.1 Å². The smallest absolute Gasteiger partial charge is 0.168 e. The maximum atomic E-state index is 5.00. The second-order valence-corrected chi connectivity index (χ2v) is 6.98. The van der Waals surface area contributed by atoms with E-state index in [-0.39, 0.29) is 0 Å². The molecule has 0 atom stereocenters. The summed E-state index contributed by atoms with van der Waals surface area (Å²) in [4.78, 5) is 2.18. The summed E-state index contributed by atoms with van der Waals surface area (Å²) in [7, 11) is 0. The Morgan fingerprint density at radius 3 is 1.55 bits per heavy atom. The van der Waals surface area contributed by atoms with Gasteiger partial charge in [0, 0.05) is 29.5 Å². The molecule has 144 valence electrons. The highest BCUT2D eigenvalue weighted by Gasteiger charge is 2.24. The van der Waals surface area contributed by atoms with Crippen LogP contribution in [0.2, 0.25) is 0 Å². The molecule has 0 unspecified atom stereocenters. The quantitative estimate of drug-likeness (QED) is 0.381. The molecule has 0 aliphatic carbocycles. The minimum atomic E-state index is 0.813. The standard InChI is InChI=1S/C24H23N5/c1-3-27-21-16-10-8-14-19(21)23(25-27)29(18-12-6-5-7-13-18)24-20-15-9-11-17-22(20)28(4-2)26-24/h5-17H,3-4H2,1-2H3. The zero-order valence-corrected chi connectivity index (χ0v) is 16.7. The molecular weight excluding hydrogens is 358 g/mol. The van der Waals surface area contributed by atoms with Crippen LogP contribution in [0, 0.1) is 0 Å². The van der Waals surface area contributed by atoms with Crippen LogP contribution in [0.3, 0.4) is 0 Å². The Kier molecular flexibility index (Phi) is 4.28. The van der Waals surface area contributed by atoms with E-state index >= 15 is 0 Å². The number of aryl methyl sites for hydroxylation is 2. The van der Waals surface area contributed by atoms with Crippen LogP contribution in [-0.4, -0.2) is 19.6 Å². The van der Waals surface area contributed by atoms with Gasteiger partial charge in [-0.3, -0.25) is 14.3 Å². The predicted molar refractivity (Wildman–Crippen MR) is 119 cm³/mol. The lowest BCUT2D eigenvalue weighted by molar-refractivity contribution is 0.676. The highest BCUT2D eigenvalue weighted by molar-refractivity contribution is 6.01. The lowest BCUT2D eigenvalue weighted by Gasteiger charge is -2.21. The maximum Gasteiger partial charge on any atom is 0.168 e. The molecule has 29 heavy (non-hydrogen) atoms. The first kappa shape index (κ1) is 17.5. The van der Waals surface area contributed by atoms with Crippen LogP contribution < -0.4 is 4.90 Å². The lowest BCUT2D eigenvalue weighted by atomic mass is 10.2. The van der Waals surface area contributed by atoms with Crippen LogP contribution in [0.15, 0.2) is 78.9 Å². The lowest BCUT2D eigenvalue weighted by Crippen LogP contribution is -2.13. The summed E-state index contributed by atoms with van der Waals surface area (Å²) < 4.78 is 4.11. The van der Waals surface area contributed by atoms with Gasteiger partial charge in [-0.1, -0.05) is 42.5 Å². The highest BCUT2D eigenvalue weighted by Crippen LogP contribution is 2.40. The van der Waals surface area contributed by atoms with Gasteiger partial charge in [0.25, 0.3) is 0 Å². The number of para-hydroxylation sites is 3. The summed E-state index contributed by atoms with van der Waals surface area (Å²) in [5.74, 6) is 1.81. The third-order valence-electron chi connectivity index (χ3n) is 5.31. The molecule has 0 aliphatic heterocycles. The number of aromatic nitrogens is 4. The van der Waals surface area contributed by atoms with Crippen molar-refractivity contribution in [2.75, 3.05) is 4.90 Å². The summed E-state index contributed by atoms with van der Waals surface area (Å²) in [6.07, 6.45) is 0.